The Kier molecular flexibility index (Phi) is 4.30. The van der Waals surface area contributed by atoms with Gasteiger partial charge in [-0.05, 0) is 35.3 Å². The van der Waals surface area contributed by atoms with E-state index in [1.165, 1.54) is 29.7 Å². The first kappa shape index (κ1) is 12.7. The first-order chi connectivity index (χ1) is 8.20. The number of hydrogen-bond donors (Lipinski definition) is 0. The fourth-order valence-corrected chi connectivity index (χ4v) is 2.67. The maximum absolute atomic E-state index is 2.40. The summed E-state index contributed by atoms with van der Waals surface area (Å²) in [6.45, 7) is 6.74. The second kappa shape index (κ2) is 5.74. The molecule has 0 unspecified atom stereocenters. The molecule has 1 aromatic carbocycles. The van der Waals surface area contributed by atoms with Crippen molar-refractivity contribution >= 4 is 17.5 Å². The van der Waals surface area contributed by atoms with E-state index in [0.717, 1.165) is 6.54 Å². The summed E-state index contributed by atoms with van der Waals surface area (Å²) >= 11 is 1.84. The Bertz CT molecular complexity index is 409. The third-order valence-electron chi connectivity index (χ3n) is 3.35. The zero-order chi connectivity index (χ0) is 12.3. The molecule has 1 heterocycles. The molecule has 0 atom stereocenters. The van der Waals surface area contributed by atoms with Crippen LogP contribution in [0.15, 0.2) is 30.3 Å². The minimum atomic E-state index is 0.613. The van der Waals surface area contributed by atoms with Crippen molar-refractivity contribution < 1.29 is 0 Å². The molecule has 0 amide bonds. The lowest BCUT2D eigenvalue weighted by atomic mass is 9.95. The fourth-order valence-electron chi connectivity index (χ4n) is 2.18. The molecule has 2 heteroatoms. The highest BCUT2D eigenvalue weighted by atomic mass is 32.2. The minimum absolute atomic E-state index is 0.613. The van der Waals surface area contributed by atoms with Crippen LogP contribution in [0.2, 0.25) is 0 Å². The average Bonchev–Trinajstić information content (AvgIpc) is 2.39. The van der Waals surface area contributed by atoms with Gasteiger partial charge in [0.15, 0.2) is 0 Å². The normalized spacial score (nSPS) is 17.3. The molecule has 17 heavy (non-hydrogen) atoms. The first-order valence-corrected chi connectivity index (χ1v) is 7.47. The van der Waals surface area contributed by atoms with E-state index < -0.39 is 0 Å². The molecular formula is C15H21NS. The van der Waals surface area contributed by atoms with Gasteiger partial charge in [-0.15, -0.1) is 0 Å². The lowest BCUT2D eigenvalue weighted by Gasteiger charge is -2.24. The second-order valence-corrected chi connectivity index (χ2v) is 5.71. The Morgan fingerprint density at radius 2 is 2.12 bits per heavy atom. The van der Waals surface area contributed by atoms with Crippen LogP contribution in [0.5, 0.6) is 0 Å². The van der Waals surface area contributed by atoms with Crippen molar-refractivity contribution in [1.29, 1.82) is 0 Å². The van der Waals surface area contributed by atoms with Crippen molar-refractivity contribution in [2.75, 3.05) is 19.3 Å². The molecule has 0 saturated carbocycles. The van der Waals surface area contributed by atoms with E-state index in [0.29, 0.717) is 5.92 Å². The predicted molar refractivity (Wildman–Crippen MR) is 78.2 cm³/mol. The summed E-state index contributed by atoms with van der Waals surface area (Å²) in [5.41, 5.74) is 4.37. The van der Waals surface area contributed by atoms with E-state index in [2.05, 4.69) is 54.7 Å². The van der Waals surface area contributed by atoms with Gasteiger partial charge in [-0.25, -0.2) is 4.31 Å². The minimum Gasteiger partial charge on any atom is -0.247 e. The molecule has 1 aliphatic heterocycles. The molecule has 1 nitrogen and oxygen atoms in total. The maximum Gasteiger partial charge on any atom is 0.0276 e. The van der Waals surface area contributed by atoms with Gasteiger partial charge in [0.1, 0.15) is 0 Å². The predicted octanol–water partition coefficient (Wildman–Crippen LogP) is 4.18. The largest absolute Gasteiger partial charge is 0.247 e. The van der Waals surface area contributed by atoms with Crippen molar-refractivity contribution in [2.24, 2.45) is 0 Å². The molecule has 0 spiro atoms. The summed E-state index contributed by atoms with van der Waals surface area (Å²) in [5, 5.41) is 0. The van der Waals surface area contributed by atoms with Gasteiger partial charge in [-0.1, -0.05) is 56.1 Å². The van der Waals surface area contributed by atoms with Gasteiger partial charge >= 0.3 is 0 Å². The van der Waals surface area contributed by atoms with Gasteiger partial charge < -0.3 is 0 Å². The molecule has 2 rings (SSSR count). The number of benzene rings is 1. The molecule has 0 radical (unpaired) electrons. The SMILES string of the molecule is CSN1CC=C(c2cccc(C(C)C)c2)CC1. The van der Waals surface area contributed by atoms with E-state index in [9.17, 15) is 0 Å². The van der Waals surface area contributed by atoms with E-state index >= 15 is 0 Å². The van der Waals surface area contributed by atoms with E-state index in [1.807, 2.05) is 11.9 Å². The van der Waals surface area contributed by atoms with Crippen molar-refractivity contribution in [3.05, 3.63) is 41.5 Å². The Morgan fingerprint density at radius 3 is 2.71 bits per heavy atom. The molecule has 0 fully saturated rings. The molecular weight excluding hydrogens is 226 g/mol. The van der Waals surface area contributed by atoms with Crippen LogP contribution in [-0.4, -0.2) is 23.7 Å². The smallest absolute Gasteiger partial charge is 0.0276 e. The van der Waals surface area contributed by atoms with E-state index in [4.69, 9.17) is 0 Å². The summed E-state index contributed by atoms with van der Waals surface area (Å²) in [4.78, 5) is 0. The van der Waals surface area contributed by atoms with Crippen molar-refractivity contribution in [1.82, 2.24) is 4.31 Å². The maximum atomic E-state index is 2.40. The van der Waals surface area contributed by atoms with Crippen LogP contribution in [0.4, 0.5) is 0 Å². The Balaban J connectivity index is 2.18. The second-order valence-electron chi connectivity index (χ2n) is 4.83. The average molecular weight is 247 g/mol. The molecule has 0 N–H and O–H groups in total. The van der Waals surface area contributed by atoms with Gasteiger partial charge in [0, 0.05) is 13.1 Å². The number of nitrogens with zero attached hydrogens (tertiary/aromatic N) is 1. The van der Waals surface area contributed by atoms with E-state index in [-0.39, 0.29) is 0 Å². The van der Waals surface area contributed by atoms with Gasteiger partial charge in [0.25, 0.3) is 0 Å². The highest BCUT2D eigenvalue weighted by molar-refractivity contribution is 7.96. The van der Waals surface area contributed by atoms with Crippen molar-refractivity contribution in [3.63, 3.8) is 0 Å². The van der Waals surface area contributed by atoms with Crippen LogP contribution in [0, 0.1) is 0 Å². The Labute approximate surface area is 109 Å². The molecule has 1 aliphatic rings. The van der Waals surface area contributed by atoms with Crippen molar-refractivity contribution in [2.45, 2.75) is 26.2 Å². The highest BCUT2D eigenvalue weighted by Gasteiger charge is 2.12. The topological polar surface area (TPSA) is 3.24 Å². The van der Waals surface area contributed by atoms with Crippen LogP contribution >= 0.6 is 11.9 Å². The van der Waals surface area contributed by atoms with E-state index in [1.54, 1.807) is 0 Å². The lowest BCUT2D eigenvalue weighted by molar-refractivity contribution is 0.518. The number of rotatable bonds is 3. The monoisotopic (exact) mass is 247 g/mol. The van der Waals surface area contributed by atoms with Crippen LogP contribution in [0.3, 0.4) is 0 Å². The van der Waals surface area contributed by atoms with Gasteiger partial charge in [0.05, 0.1) is 0 Å². The Morgan fingerprint density at radius 1 is 1.29 bits per heavy atom. The molecule has 0 bridgehead atoms. The fraction of sp³-hybridized carbons (Fsp3) is 0.467. The van der Waals surface area contributed by atoms with Crippen LogP contribution in [0.1, 0.15) is 37.3 Å². The Hall–Kier alpha value is -0.730. The molecule has 0 saturated heterocycles. The summed E-state index contributed by atoms with van der Waals surface area (Å²) in [5.74, 6) is 0.613. The summed E-state index contributed by atoms with van der Waals surface area (Å²) in [7, 11) is 0. The van der Waals surface area contributed by atoms with Gasteiger partial charge in [-0.3, -0.25) is 0 Å². The first-order valence-electron chi connectivity index (χ1n) is 6.29. The van der Waals surface area contributed by atoms with Crippen LogP contribution in [0.25, 0.3) is 5.57 Å². The third-order valence-corrected chi connectivity index (χ3v) is 4.20. The van der Waals surface area contributed by atoms with Gasteiger partial charge in [0.2, 0.25) is 0 Å². The highest BCUT2D eigenvalue weighted by Crippen LogP contribution is 2.26. The number of hydrogen-bond acceptors (Lipinski definition) is 2. The quantitative estimate of drug-likeness (QED) is 0.737. The van der Waals surface area contributed by atoms with Crippen LogP contribution < -0.4 is 0 Å². The van der Waals surface area contributed by atoms with Gasteiger partial charge in [-0.2, -0.15) is 0 Å². The van der Waals surface area contributed by atoms with Crippen LogP contribution in [-0.2, 0) is 0 Å². The third kappa shape index (κ3) is 3.14. The molecule has 0 aliphatic carbocycles. The zero-order valence-corrected chi connectivity index (χ0v) is 11.8. The summed E-state index contributed by atoms with van der Waals surface area (Å²) in [6, 6.07) is 9.01. The summed E-state index contributed by atoms with van der Waals surface area (Å²) < 4.78 is 2.40. The molecule has 92 valence electrons. The molecule has 1 aromatic rings. The lowest BCUT2D eigenvalue weighted by Crippen LogP contribution is -2.21. The van der Waals surface area contributed by atoms with Crippen molar-refractivity contribution in [3.8, 4) is 0 Å². The standard InChI is InChI=1S/C15H21NS/c1-12(2)14-5-4-6-15(11-14)13-7-9-16(17-3)10-8-13/h4-7,11-12H,8-10H2,1-3H3. The zero-order valence-electron chi connectivity index (χ0n) is 10.9. The molecule has 0 aromatic heterocycles. The summed E-state index contributed by atoms with van der Waals surface area (Å²) in [6.07, 6.45) is 5.69.